The lowest BCUT2D eigenvalue weighted by Crippen LogP contribution is -2.34. The molecule has 1 aliphatic rings. The zero-order chi connectivity index (χ0) is 14.5. The van der Waals surface area contributed by atoms with Gasteiger partial charge in [-0.1, -0.05) is 45.2 Å². The molecule has 1 saturated carbocycles. The van der Waals surface area contributed by atoms with Crippen molar-refractivity contribution in [2.75, 3.05) is 11.9 Å². The molecule has 0 spiro atoms. The minimum atomic E-state index is 0.553. The van der Waals surface area contributed by atoms with Gasteiger partial charge in [-0.3, -0.25) is 0 Å². The molecule has 0 bridgehead atoms. The predicted molar refractivity (Wildman–Crippen MR) is 86.8 cm³/mol. The highest BCUT2D eigenvalue weighted by Crippen LogP contribution is 2.33. The number of rotatable bonds is 5. The Hall–Kier alpha value is -0.890. The van der Waals surface area contributed by atoms with Gasteiger partial charge in [0.15, 0.2) is 0 Å². The van der Waals surface area contributed by atoms with Crippen LogP contribution in [-0.2, 0) is 0 Å². The molecule has 20 heavy (non-hydrogen) atoms. The maximum Gasteiger partial charge on any atom is 0.138 e. The van der Waals surface area contributed by atoms with Crippen LogP contribution in [0.2, 0.25) is 5.02 Å². The SMILES string of the molecule is CCCOc1ccc(NC2CCCC(C)C2C)cc1Cl. The van der Waals surface area contributed by atoms with Gasteiger partial charge in [-0.05, 0) is 42.9 Å². The Kier molecular flexibility index (Phi) is 5.59. The minimum absolute atomic E-state index is 0.553. The molecular weight excluding hydrogens is 270 g/mol. The van der Waals surface area contributed by atoms with Crippen LogP contribution in [0.25, 0.3) is 0 Å². The van der Waals surface area contributed by atoms with E-state index in [0.717, 1.165) is 23.8 Å². The third-order valence-electron chi connectivity index (χ3n) is 4.45. The fourth-order valence-electron chi connectivity index (χ4n) is 2.92. The van der Waals surface area contributed by atoms with E-state index in [2.05, 4.69) is 32.2 Å². The average molecular weight is 296 g/mol. The first-order valence-electron chi connectivity index (χ1n) is 7.80. The molecule has 3 atom stereocenters. The zero-order valence-corrected chi connectivity index (χ0v) is 13.5. The molecular formula is C17H26ClNO. The van der Waals surface area contributed by atoms with Crippen LogP contribution in [0.4, 0.5) is 5.69 Å². The molecule has 0 aromatic heterocycles. The first-order chi connectivity index (χ1) is 9.61. The molecule has 1 N–H and O–H groups in total. The summed E-state index contributed by atoms with van der Waals surface area (Å²) in [6.07, 6.45) is 4.91. The van der Waals surface area contributed by atoms with Crippen molar-refractivity contribution in [1.29, 1.82) is 0 Å². The number of hydrogen-bond donors (Lipinski definition) is 1. The average Bonchev–Trinajstić information content (AvgIpc) is 2.43. The lowest BCUT2D eigenvalue weighted by molar-refractivity contribution is 0.253. The van der Waals surface area contributed by atoms with E-state index in [-0.39, 0.29) is 0 Å². The molecule has 1 fully saturated rings. The van der Waals surface area contributed by atoms with Gasteiger partial charge in [0.1, 0.15) is 5.75 Å². The second kappa shape index (κ2) is 7.21. The van der Waals surface area contributed by atoms with Crippen LogP contribution in [-0.4, -0.2) is 12.6 Å². The molecule has 0 saturated heterocycles. The summed E-state index contributed by atoms with van der Waals surface area (Å²) in [5, 5.41) is 4.34. The first kappa shape index (κ1) is 15.5. The van der Waals surface area contributed by atoms with Gasteiger partial charge in [0.05, 0.1) is 11.6 Å². The summed E-state index contributed by atoms with van der Waals surface area (Å²) in [4.78, 5) is 0. The van der Waals surface area contributed by atoms with E-state index in [4.69, 9.17) is 16.3 Å². The normalized spacial score (nSPS) is 26.3. The highest BCUT2D eigenvalue weighted by Gasteiger charge is 2.26. The van der Waals surface area contributed by atoms with Crippen molar-refractivity contribution in [1.82, 2.24) is 0 Å². The van der Waals surface area contributed by atoms with Gasteiger partial charge in [0.2, 0.25) is 0 Å². The van der Waals surface area contributed by atoms with Crippen molar-refractivity contribution in [3.8, 4) is 5.75 Å². The summed E-state index contributed by atoms with van der Waals surface area (Å²) in [6.45, 7) is 7.51. The molecule has 1 aliphatic carbocycles. The number of ether oxygens (including phenoxy) is 1. The second-order valence-corrected chi connectivity index (χ2v) is 6.42. The molecule has 1 aromatic carbocycles. The highest BCUT2D eigenvalue weighted by molar-refractivity contribution is 6.32. The summed E-state index contributed by atoms with van der Waals surface area (Å²) in [5.41, 5.74) is 1.10. The van der Waals surface area contributed by atoms with Gasteiger partial charge < -0.3 is 10.1 Å². The number of nitrogens with one attached hydrogen (secondary N) is 1. The van der Waals surface area contributed by atoms with E-state index < -0.39 is 0 Å². The molecule has 2 rings (SSSR count). The molecule has 2 nitrogen and oxygen atoms in total. The molecule has 112 valence electrons. The quantitative estimate of drug-likeness (QED) is 0.789. The Morgan fingerprint density at radius 1 is 1.30 bits per heavy atom. The van der Waals surface area contributed by atoms with Crippen LogP contribution in [0.15, 0.2) is 18.2 Å². The van der Waals surface area contributed by atoms with E-state index in [9.17, 15) is 0 Å². The molecule has 0 amide bonds. The lowest BCUT2D eigenvalue weighted by Gasteiger charge is -2.35. The van der Waals surface area contributed by atoms with E-state index in [1.54, 1.807) is 0 Å². The molecule has 3 unspecified atom stereocenters. The minimum Gasteiger partial charge on any atom is -0.492 e. The van der Waals surface area contributed by atoms with Crippen molar-refractivity contribution in [2.45, 2.75) is 52.5 Å². The van der Waals surface area contributed by atoms with Gasteiger partial charge in [0, 0.05) is 11.7 Å². The van der Waals surface area contributed by atoms with Crippen molar-refractivity contribution in [3.05, 3.63) is 23.2 Å². The number of anilines is 1. The van der Waals surface area contributed by atoms with Gasteiger partial charge in [-0.2, -0.15) is 0 Å². The Balaban J connectivity index is 2.01. The molecule has 0 heterocycles. The second-order valence-electron chi connectivity index (χ2n) is 6.01. The summed E-state index contributed by atoms with van der Waals surface area (Å²) >= 11 is 6.28. The molecule has 1 aromatic rings. The Morgan fingerprint density at radius 3 is 2.80 bits per heavy atom. The van der Waals surface area contributed by atoms with Crippen molar-refractivity contribution in [3.63, 3.8) is 0 Å². The van der Waals surface area contributed by atoms with Crippen LogP contribution in [0, 0.1) is 11.8 Å². The lowest BCUT2D eigenvalue weighted by atomic mass is 9.78. The van der Waals surface area contributed by atoms with E-state index >= 15 is 0 Å². The smallest absolute Gasteiger partial charge is 0.138 e. The van der Waals surface area contributed by atoms with Crippen LogP contribution in [0.1, 0.15) is 46.5 Å². The first-order valence-corrected chi connectivity index (χ1v) is 8.18. The third-order valence-corrected chi connectivity index (χ3v) is 4.75. The summed E-state index contributed by atoms with van der Waals surface area (Å²) in [5.74, 6) is 2.28. The van der Waals surface area contributed by atoms with Crippen LogP contribution in [0.3, 0.4) is 0 Å². The van der Waals surface area contributed by atoms with Gasteiger partial charge in [0.25, 0.3) is 0 Å². The third kappa shape index (κ3) is 3.82. The van der Waals surface area contributed by atoms with Crippen LogP contribution in [0.5, 0.6) is 5.75 Å². The Morgan fingerprint density at radius 2 is 2.10 bits per heavy atom. The summed E-state index contributed by atoms with van der Waals surface area (Å²) in [6, 6.07) is 6.58. The molecule has 0 aliphatic heterocycles. The zero-order valence-electron chi connectivity index (χ0n) is 12.8. The van der Waals surface area contributed by atoms with Crippen LogP contribution < -0.4 is 10.1 Å². The predicted octanol–water partition coefficient (Wildman–Crippen LogP) is 5.37. The Bertz CT molecular complexity index is 435. The maximum atomic E-state index is 6.28. The number of benzene rings is 1. The fourth-order valence-corrected chi connectivity index (χ4v) is 3.15. The van der Waals surface area contributed by atoms with Crippen molar-refractivity contribution >= 4 is 17.3 Å². The van der Waals surface area contributed by atoms with Crippen molar-refractivity contribution < 1.29 is 4.74 Å². The number of halogens is 1. The fraction of sp³-hybridized carbons (Fsp3) is 0.647. The van der Waals surface area contributed by atoms with Crippen LogP contribution >= 0.6 is 11.6 Å². The van der Waals surface area contributed by atoms with E-state index in [1.807, 2.05) is 12.1 Å². The Labute approximate surface area is 127 Å². The van der Waals surface area contributed by atoms with E-state index in [0.29, 0.717) is 23.6 Å². The largest absolute Gasteiger partial charge is 0.492 e. The molecule has 3 heteroatoms. The van der Waals surface area contributed by atoms with Crippen molar-refractivity contribution in [2.24, 2.45) is 11.8 Å². The van der Waals surface area contributed by atoms with Gasteiger partial charge >= 0.3 is 0 Å². The van der Waals surface area contributed by atoms with E-state index in [1.165, 1.54) is 19.3 Å². The maximum absolute atomic E-state index is 6.28. The summed E-state index contributed by atoms with van der Waals surface area (Å²) in [7, 11) is 0. The highest BCUT2D eigenvalue weighted by atomic mass is 35.5. The molecule has 0 radical (unpaired) electrons. The number of hydrogen-bond acceptors (Lipinski definition) is 2. The van der Waals surface area contributed by atoms with Gasteiger partial charge in [-0.25, -0.2) is 0 Å². The summed E-state index contributed by atoms with van der Waals surface area (Å²) < 4.78 is 5.61. The standard InChI is InChI=1S/C17H26ClNO/c1-4-10-20-17-9-8-14(11-15(17)18)19-16-7-5-6-12(2)13(16)3/h8-9,11-13,16,19H,4-7,10H2,1-3H3. The monoisotopic (exact) mass is 295 g/mol. The van der Waals surface area contributed by atoms with Gasteiger partial charge in [-0.15, -0.1) is 0 Å². The topological polar surface area (TPSA) is 21.3 Å².